The van der Waals surface area contributed by atoms with Crippen LogP contribution < -0.4 is 4.74 Å². The molecule has 1 aromatic rings. The third-order valence-electron chi connectivity index (χ3n) is 1.48. The van der Waals surface area contributed by atoms with Crippen LogP contribution in [-0.2, 0) is 0 Å². The zero-order valence-corrected chi connectivity index (χ0v) is 9.90. The molecule has 1 rings (SSSR count). The van der Waals surface area contributed by atoms with Crippen LogP contribution in [0.5, 0.6) is 5.88 Å². The topological polar surface area (TPSA) is 22.1 Å². The predicted octanol–water partition coefficient (Wildman–Crippen LogP) is 3.97. The number of ether oxygens (including phenoxy) is 1. The molecule has 82 valence electrons. The van der Waals surface area contributed by atoms with Crippen molar-refractivity contribution in [1.82, 2.24) is 4.98 Å². The smallest absolute Gasteiger partial charge is 0.219 e. The molecule has 0 atom stereocenters. The summed E-state index contributed by atoms with van der Waals surface area (Å²) in [7, 11) is 0. The Hall–Kier alpha value is -1.57. The lowest BCUT2D eigenvalue weighted by atomic mass is 10.4. The van der Waals surface area contributed by atoms with Gasteiger partial charge in [-0.3, -0.25) is 0 Å². The molecule has 0 bridgehead atoms. The van der Waals surface area contributed by atoms with Gasteiger partial charge in [0.25, 0.3) is 0 Å². The van der Waals surface area contributed by atoms with Crippen molar-refractivity contribution in [2.45, 2.75) is 27.7 Å². The fraction of sp³-hybridized carbons (Fsp3) is 0.308. The first-order chi connectivity index (χ1) is 7.36. The van der Waals surface area contributed by atoms with Gasteiger partial charge in [0.15, 0.2) is 0 Å². The fourth-order valence-corrected chi connectivity index (χ4v) is 0.882. The van der Waals surface area contributed by atoms with Crippen LogP contribution in [0.4, 0.5) is 0 Å². The number of nitrogens with zero attached hydrogens (tertiary/aromatic N) is 1. The summed E-state index contributed by atoms with van der Waals surface area (Å²) in [6.07, 6.45) is 7.43. The lowest BCUT2D eigenvalue weighted by molar-refractivity contribution is 0.425. The van der Waals surface area contributed by atoms with E-state index in [0.29, 0.717) is 5.88 Å². The van der Waals surface area contributed by atoms with E-state index >= 15 is 0 Å². The van der Waals surface area contributed by atoms with Crippen molar-refractivity contribution < 1.29 is 4.74 Å². The summed E-state index contributed by atoms with van der Waals surface area (Å²) in [6.45, 7) is 7.88. The van der Waals surface area contributed by atoms with Crippen molar-refractivity contribution in [2.75, 3.05) is 0 Å². The summed E-state index contributed by atoms with van der Waals surface area (Å²) < 4.78 is 5.47. The normalized spacial score (nSPS) is 10.8. The van der Waals surface area contributed by atoms with Gasteiger partial charge in [-0.1, -0.05) is 26.0 Å². The number of pyridine rings is 1. The Balaban J connectivity index is 0.000000921. The number of allylic oxidation sites excluding steroid dienone is 3. The quantitative estimate of drug-likeness (QED) is 0.550. The Morgan fingerprint density at radius 2 is 2.00 bits per heavy atom. The molecule has 0 spiro atoms. The first kappa shape index (κ1) is 13.4. The van der Waals surface area contributed by atoms with E-state index in [1.165, 1.54) is 0 Å². The Labute approximate surface area is 92.3 Å². The fourth-order valence-electron chi connectivity index (χ4n) is 0.882. The Kier molecular flexibility index (Phi) is 8.06. The molecule has 2 nitrogen and oxygen atoms in total. The monoisotopic (exact) mass is 205 g/mol. The molecule has 15 heavy (non-hydrogen) atoms. The second kappa shape index (κ2) is 9.00. The molecule has 0 aromatic carbocycles. The molecule has 0 saturated carbocycles. The highest BCUT2D eigenvalue weighted by Crippen LogP contribution is 2.09. The highest BCUT2D eigenvalue weighted by Gasteiger charge is 1.94. The highest BCUT2D eigenvalue weighted by atomic mass is 16.5. The van der Waals surface area contributed by atoms with Crippen LogP contribution in [0.15, 0.2) is 48.4 Å². The van der Waals surface area contributed by atoms with E-state index in [2.05, 4.69) is 4.98 Å². The predicted molar refractivity (Wildman–Crippen MR) is 64.8 cm³/mol. The van der Waals surface area contributed by atoms with E-state index in [1.807, 2.05) is 64.1 Å². The minimum Gasteiger partial charge on any atom is -0.439 e. The molecule has 0 aliphatic carbocycles. The Bertz CT molecular complexity index is 302. The number of hydrogen-bond acceptors (Lipinski definition) is 2. The van der Waals surface area contributed by atoms with Crippen LogP contribution in [0.1, 0.15) is 27.7 Å². The standard InChI is InChI=1S/C11H13NO.C2H6/c1-3-7-10(4-2)13-11-8-5-6-9-12-11;1-2/h3-9H,1-2H3;1-2H3/b7-3-,10-4+;. The van der Waals surface area contributed by atoms with Gasteiger partial charge in [0.05, 0.1) is 0 Å². The molecule has 0 amide bonds. The van der Waals surface area contributed by atoms with Crippen molar-refractivity contribution in [2.24, 2.45) is 0 Å². The number of rotatable bonds is 3. The average Bonchev–Trinajstić information content (AvgIpc) is 2.32. The van der Waals surface area contributed by atoms with Crippen molar-refractivity contribution in [3.05, 3.63) is 48.4 Å². The van der Waals surface area contributed by atoms with Crippen LogP contribution in [0.2, 0.25) is 0 Å². The minimum absolute atomic E-state index is 0.619. The number of hydrogen-bond donors (Lipinski definition) is 0. The molecule has 0 aliphatic rings. The maximum Gasteiger partial charge on any atom is 0.219 e. The Morgan fingerprint density at radius 1 is 1.27 bits per heavy atom. The maximum atomic E-state index is 5.47. The maximum absolute atomic E-state index is 5.47. The van der Waals surface area contributed by atoms with Gasteiger partial charge in [0.2, 0.25) is 5.88 Å². The van der Waals surface area contributed by atoms with Crippen molar-refractivity contribution in [3.8, 4) is 5.88 Å². The molecular formula is C13H19NO. The second-order valence-corrected chi connectivity index (χ2v) is 2.46. The SMILES string of the molecule is C/C=C\C(=C/C)Oc1ccccn1.CC. The molecule has 0 saturated heterocycles. The lowest BCUT2D eigenvalue weighted by Crippen LogP contribution is -1.93. The zero-order valence-electron chi connectivity index (χ0n) is 9.90. The number of aromatic nitrogens is 1. The van der Waals surface area contributed by atoms with Gasteiger partial charge in [0, 0.05) is 12.3 Å². The average molecular weight is 205 g/mol. The molecule has 2 heteroatoms. The largest absolute Gasteiger partial charge is 0.439 e. The van der Waals surface area contributed by atoms with Gasteiger partial charge >= 0.3 is 0 Å². The molecular weight excluding hydrogens is 186 g/mol. The van der Waals surface area contributed by atoms with E-state index < -0.39 is 0 Å². The molecule has 0 fully saturated rings. The zero-order chi connectivity index (χ0) is 11.5. The molecule has 0 N–H and O–H groups in total. The van der Waals surface area contributed by atoms with E-state index in [9.17, 15) is 0 Å². The minimum atomic E-state index is 0.619. The van der Waals surface area contributed by atoms with E-state index in [0.717, 1.165) is 5.76 Å². The first-order valence-electron chi connectivity index (χ1n) is 5.24. The molecule has 0 aliphatic heterocycles. The van der Waals surface area contributed by atoms with Gasteiger partial charge in [0.1, 0.15) is 5.76 Å². The van der Waals surface area contributed by atoms with Gasteiger partial charge < -0.3 is 4.74 Å². The lowest BCUT2D eigenvalue weighted by Gasteiger charge is -2.03. The summed E-state index contributed by atoms with van der Waals surface area (Å²) in [5, 5.41) is 0. The van der Waals surface area contributed by atoms with Crippen molar-refractivity contribution in [3.63, 3.8) is 0 Å². The van der Waals surface area contributed by atoms with Gasteiger partial charge in [-0.05, 0) is 32.1 Å². The first-order valence-corrected chi connectivity index (χ1v) is 5.24. The van der Waals surface area contributed by atoms with Gasteiger partial charge in [-0.15, -0.1) is 0 Å². The van der Waals surface area contributed by atoms with Crippen molar-refractivity contribution >= 4 is 0 Å². The van der Waals surface area contributed by atoms with Crippen LogP contribution in [0, 0.1) is 0 Å². The van der Waals surface area contributed by atoms with Crippen LogP contribution >= 0.6 is 0 Å². The Morgan fingerprint density at radius 3 is 2.47 bits per heavy atom. The van der Waals surface area contributed by atoms with Gasteiger partial charge in [-0.25, -0.2) is 4.98 Å². The molecule has 0 radical (unpaired) electrons. The molecule has 1 aromatic heterocycles. The molecule has 1 heterocycles. The summed E-state index contributed by atoms with van der Waals surface area (Å²) >= 11 is 0. The van der Waals surface area contributed by atoms with Crippen LogP contribution in [0.3, 0.4) is 0 Å². The van der Waals surface area contributed by atoms with Gasteiger partial charge in [-0.2, -0.15) is 0 Å². The third-order valence-corrected chi connectivity index (χ3v) is 1.48. The molecule has 0 unspecified atom stereocenters. The van der Waals surface area contributed by atoms with Crippen LogP contribution in [0.25, 0.3) is 0 Å². The van der Waals surface area contributed by atoms with E-state index in [1.54, 1.807) is 6.20 Å². The van der Waals surface area contributed by atoms with Crippen molar-refractivity contribution in [1.29, 1.82) is 0 Å². The third kappa shape index (κ3) is 5.68. The second-order valence-electron chi connectivity index (χ2n) is 2.46. The summed E-state index contributed by atoms with van der Waals surface area (Å²) in [6, 6.07) is 5.58. The highest BCUT2D eigenvalue weighted by molar-refractivity contribution is 5.18. The van der Waals surface area contributed by atoms with Crippen LogP contribution in [-0.4, -0.2) is 4.98 Å². The summed E-state index contributed by atoms with van der Waals surface area (Å²) in [4.78, 5) is 4.05. The van der Waals surface area contributed by atoms with E-state index in [4.69, 9.17) is 4.74 Å². The summed E-state index contributed by atoms with van der Waals surface area (Å²) in [5.74, 6) is 1.43. The van der Waals surface area contributed by atoms with E-state index in [-0.39, 0.29) is 0 Å². The summed E-state index contributed by atoms with van der Waals surface area (Å²) in [5.41, 5.74) is 0.